The molecule has 0 saturated carbocycles. The topological polar surface area (TPSA) is 79.5 Å². The van der Waals surface area contributed by atoms with Gasteiger partial charge in [-0.1, -0.05) is 35.5 Å². The Balaban J connectivity index is 2.94. The van der Waals surface area contributed by atoms with Crippen LogP contribution in [0.4, 0.5) is 0 Å². The summed E-state index contributed by atoms with van der Waals surface area (Å²) in [5.41, 5.74) is 0.439. The fourth-order valence-corrected chi connectivity index (χ4v) is 1.17. The maximum Gasteiger partial charge on any atom is 0.328 e. The molecule has 0 fully saturated rings. The molecule has 0 bridgehead atoms. The number of benzene rings is 1. The van der Waals surface area contributed by atoms with Crippen LogP contribution in [0.3, 0.4) is 0 Å². The number of nitriles is 1. The van der Waals surface area contributed by atoms with Gasteiger partial charge < -0.3 is 0 Å². The van der Waals surface area contributed by atoms with E-state index in [-0.39, 0.29) is 11.5 Å². The van der Waals surface area contributed by atoms with Crippen LogP contribution in [0.1, 0.15) is 12.5 Å². The van der Waals surface area contributed by atoms with Gasteiger partial charge in [0.15, 0.2) is 5.71 Å². The minimum atomic E-state index is -3.67. The van der Waals surface area contributed by atoms with Crippen LogP contribution in [0.25, 0.3) is 0 Å². The van der Waals surface area contributed by atoms with Crippen LogP contribution in [0.2, 0.25) is 0 Å². The summed E-state index contributed by atoms with van der Waals surface area (Å²) in [7, 11) is -3.67. The first kappa shape index (κ1) is 12.2. The molecule has 1 rings (SSSR count). The molecule has 0 saturated heterocycles. The monoisotopic (exact) mass is 238 g/mol. The van der Waals surface area contributed by atoms with Gasteiger partial charge in [-0.2, -0.15) is 13.7 Å². The number of rotatable bonds is 4. The van der Waals surface area contributed by atoms with Gasteiger partial charge in [0, 0.05) is 5.56 Å². The van der Waals surface area contributed by atoms with E-state index in [1.807, 2.05) is 0 Å². The van der Waals surface area contributed by atoms with Gasteiger partial charge >= 0.3 is 10.1 Å². The molecule has 0 radical (unpaired) electrons. The summed E-state index contributed by atoms with van der Waals surface area (Å²) in [6.07, 6.45) is 0. The Morgan fingerprint density at radius 3 is 2.56 bits per heavy atom. The van der Waals surface area contributed by atoms with Crippen molar-refractivity contribution in [3.05, 3.63) is 35.9 Å². The first-order valence-electron chi connectivity index (χ1n) is 4.54. The van der Waals surface area contributed by atoms with E-state index in [9.17, 15) is 8.42 Å². The van der Waals surface area contributed by atoms with Crippen molar-refractivity contribution in [3.63, 3.8) is 0 Å². The molecule has 0 amide bonds. The van der Waals surface area contributed by atoms with Gasteiger partial charge in [-0.05, 0) is 6.92 Å². The minimum absolute atomic E-state index is 0.0716. The predicted octanol–water partition coefficient (Wildman–Crippen LogP) is 1.28. The SMILES string of the molecule is CCS(=O)(=O)O/N=C(/C#N)c1ccccc1. The molecule has 0 aromatic heterocycles. The zero-order valence-electron chi connectivity index (χ0n) is 8.62. The quantitative estimate of drug-likeness (QED) is 0.584. The molecule has 0 heterocycles. The molecule has 5 nitrogen and oxygen atoms in total. The molecule has 0 spiro atoms. The van der Waals surface area contributed by atoms with E-state index < -0.39 is 10.1 Å². The van der Waals surface area contributed by atoms with Gasteiger partial charge in [0.05, 0.1) is 5.75 Å². The van der Waals surface area contributed by atoms with Gasteiger partial charge in [0.25, 0.3) is 0 Å². The van der Waals surface area contributed by atoms with Crippen LogP contribution < -0.4 is 0 Å². The largest absolute Gasteiger partial charge is 0.328 e. The number of hydrogen-bond acceptors (Lipinski definition) is 5. The van der Waals surface area contributed by atoms with Crippen molar-refractivity contribution >= 4 is 15.8 Å². The number of nitrogens with zero attached hydrogens (tertiary/aromatic N) is 2. The first-order valence-corrected chi connectivity index (χ1v) is 6.11. The Hall–Kier alpha value is -1.87. The highest BCUT2D eigenvalue weighted by molar-refractivity contribution is 7.86. The minimum Gasteiger partial charge on any atom is -0.267 e. The van der Waals surface area contributed by atoms with Crippen LogP contribution in [0.5, 0.6) is 0 Å². The zero-order valence-corrected chi connectivity index (χ0v) is 9.44. The van der Waals surface area contributed by atoms with Crippen LogP contribution >= 0.6 is 0 Å². The summed E-state index contributed by atoms with van der Waals surface area (Å²) in [5, 5.41) is 12.1. The molecular formula is C10H10N2O3S. The third kappa shape index (κ3) is 3.37. The molecule has 0 aliphatic carbocycles. The molecular weight excluding hydrogens is 228 g/mol. The standard InChI is InChI=1S/C10H10N2O3S/c1-2-16(13,14)15-12-10(8-11)9-6-4-3-5-7-9/h3-7H,2H2,1H3/b12-10-. The number of oxime groups is 1. The third-order valence-corrected chi connectivity index (χ3v) is 2.76. The van der Waals surface area contributed by atoms with Crippen molar-refractivity contribution < 1.29 is 12.7 Å². The van der Waals surface area contributed by atoms with E-state index >= 15 is 0 Å². The highest BCUT2D eigenvalue weighted by Gasteiger charge is 2.09. The predicted molar refractivity (Wildman–Crippen MR) is 59.1 cm³/mol. The van der Waals surface area contributed by atoms with E-state index in [1.54, 1.807) is 36.4 Å². The van der Waals surface area contributed by atoms with Crippen LogP contribution in [-0.4, -0.2) is 19.9 Å². The normalized spacial score (nSPS) is 11.9. The van der Waals surface area contributed by atoms with Crippen molar-refractivity contribution in [1.29, 1.82) is 5.26 Å². The molecule has 84 valence electrons. The Kier molecular flexibility index (Phi) is 4.03. The summed E-state index contributed by atoms with van der Waals surface area (Å²) in [4.78, 5) is 0. The van der Waals surface area contributed by atoms with Crippen molar-refractivity contribution in [2.24, 2.45) is 5.16 Å². The zero-order chi connectivity index (χ0) is 12.0. The summed E-state index contributed by atoms with van der Waals surface area (Å²) >= 11 is 0. The fraction of sp³-hybridized carbons (Fsp3) is 0.200. The van der Waals surface area contributed by atoms with Gasteiger partial charge in [0.1, 0.15) is 6.07 Å². The molecule has 0 aliphatic rings. The maximum atomic E-state index is 11.0. The van der Waals surface area contributed by atoms with Crippen LogP contribution in [0, 0.1) is 11.3 Å². The fourth-order valence-electron chi connectivity index (χ4n) is 0.880. The van der Waals surface area contributed by atoms with E-state index in [4.69, 9.17) is 5.26 Å². The van der Waals surface area contributed by atoms with Crippen molar-refractivity contribution in [3.8, 4) is 6.07 Å². The maximum absolute atomic E-state index is 11.0. The van der Waals surface area contributed by atoms with E-state index in [0.29, 0.717) is 5.56 Å². The summed E-state index contributed by atoms with van der Waals surface area (Å²) in [6, 6.07) is 10.3. The second-order valence-electron chi connectivity index (χ2n) is 2.84. The Morgan fingerprint density at radius 2 is 2.06 bits per heavy atom. The lowest BCUT2D eigenvalue weighted by molar-refractivity contribution is 0.340. The molecule has 0 N–H and O–H groups in total. The van der Waals surface area contributed by atoms with Crippen molar-refractivity contribution in [1.82, 2.24) is 0 Å². The molecule has 16 heavy (non-hydrogen) atoms. The van der Waals surface area contributed by atoms with E-state index in [1.165, 1.54) is 6.92 Å². The first-order chi connectivity index (χ1) is 7.59. The molecule has 0 atom stereocenters. The Labute approximate surface area is 94.1 Å². The molecule has 0 aliphatic heterocycles. The van der Waals surface area contributed by atoms with Gasteiger partial charge in [-0.3, -0.25) is 4.28 Å². The van der Waals surface area contributed by atoms with Crippen LogP contribution in [-0.2, 0) is 14.4 Å². The van der Waals surface area contributed by atoms with Gasteiger partial charge in [0.2, 0.25) is 0 Å². The smallest absolute Gasteiger partial charge is 0.267 e. The molecule has 1 aromatic carbocycles. The Bertz CT molecular complexity index is 515. The average molecular weight is 238 g/mol. The lowest BCUT2D eigenvalue weighted by Crippen LogP contribution is -2.07. The average Bonchev–Trinajstić information content (AvgIpc) is 2.31. The highest BCUT2D eigenvalue weighted by Crippen LogP contribution is 2.03. The summed E-state index contributed by atoms with van der Waals surface area (Å²) < 4.78 is 26.3. The highest BCUT2D eigenvalue weighted by atomic mass is 32.2. The van der Waals surface area contributed by atoms with Gasteiger partial charge in [-0.15, -0.1) is 0 Å². The second kappa shape index (κ2) is 5.28. The third-order valence-electron chi connectivity index (χ3n) is 1.75. The molecule has 0 unspecified atom stereocenters. The van der Waals surface area contributed by atoms with Gasteiger partial charge in [-0.25, -0.2) is 0 Å². The summed E-state index contributed by atoms with van der Waals surface area (Å²) in [5.74, 6) is -0.190. The lowest BCUT2D eigenvalue weighted by Gasteiger charge is -1.98. The second-order valence-corrected chi connectivity index (χ2v) is 4.68. The van der Waals surface area contributed by atoms with Crippen LogP contribution in [0.15, 0.2) is 35.5 Å². The van der Waals surface area contributed by atoms with Crippen molar-refractivity contribution in [2.45, 2.75) is 6.92 Å². The van der Waals surface area contributed by atoms with E-state index in [2.05, 4.69) is 9.44 Å². The molecule has 1 aromatic rings. The number of hydrogen-bond donors (Lipinski definition) is 0. The summed E-state index contributed by atoms with van der Waals surface area (Å²) in [6.45, 7) is 1.43. The lowest BCUT2D eigenvalue weighted by atomic mass is 10.1. The van der Waals surface area contributed by atoms with E-state index in [0.717, 1.165) is 0 Å². The van der Waals surface area contributed by atoms with Crippen molar-refractivity contribution in [2.75, 3.05) is 5.75 Å². The molecule has 6 heteroatoms. The Morgan fingerprint density at radius 1 is 1.44 bits per heavy atom.